The van der Waals surface area contributed by atoms with E-state index in [1.165, 1.54) is 6.92 Å². The van der Waals surface area contributed by atoms with Crippen LogP contribution in [0.2, 0.25) is 0 Å². The van der Waals surface area contributed by atoms with E-state index in [1.807, 2.05) is 24.3 Å². The van der Waals surface area contributed by atoms with Crippen LogP contribution in [-0.4, -0.2) is 17.8 Å². The molecule has 5 heteroatoms. The SMILES string of the molecule is CC(=O)c1cccc(NC(=O)[C@H](C)Oc2ccc(I)cc2)c1. The first-order valence-corrected chi connectivity index (χ1v) is 7.87. The molecule has 4 nitrogen and oxygen atoms in total. The fourth-order valence-corrected chi connectivity index (χ4v) is 2.19. The van der Waals surface area contributed by atoms with Crippen molar-refractivity contribution in [1.82, 2.24) is 0 Å². The van der Waals surface area contributed by atoms with Crippen LogP contribution in [0.4, 0.5) is 5.69 Å². The highest BCUT2D eigenvalue weighted by molar-refractivity contribution is 14.1. The molecule has 0 radical (unpaired) electrons. The van der Waals surface area contributed by atoms with Crippen LogP contribution in [0.5, 0.6) is 5.75 Å². The topological polar surface area (TPSA) is 55.4 Å². The van der Waals surface area contributed by atoms with Gasteiger partial charge in [0.25, 0.3) is 5.91 Å². The number of carbonyl (C=O) groups is 2. The largest absolute Gasteiger partial charge is 0.481 e. The molecule has 0 fully saturated rings. The van der Waals surface area contributed by atoms with Crippen LogP contribution in [0.1, 0.15) is 24.2 Å². The molecule has 0 bridgehead atoms. The Hall–Kier alpha value is -1.89. The van der Waals surface area contributed by atoms with Crippen LogP contribution in [0.25, 0.3) is 0 Å². The number of halogens is 1. The Kier molecular flexibility index (Phi) is 5.54. The predicted molar refractivity (Wildman–Crippen MR) is 94.3 cm³/mol. The van der Waals surface area contributed by atoms with Gasteiger partial charge in [-0.1, -0.05) is 12.1 Å². The first-order valence-electron chi connectivity index (χ1n) is 6.80. The molecule has 1 amide bonds. The fraction of sp³-hybridized carbons (Fsp3) is 0.176. The van der Waals surface area contributed by atoms with Crippen molar-refractivity contribution < 1.29 is 14.3 Å². The second-order valence-corrected chi connectivity index (χ2v) is 6.09. The molecule has 114 valence electrons. The van der Waals surface area contributed by atoms with Crippen molar-refractivity contribution in [3.8, 4) is 5.75 Å². The van der Waals surface area contributed by atoms with E-state index in [2.05, 4.69) is 27.9 Å². The Morgan fingerprint density at radius 2 is 1.82 bits per heavy atom. The van der Waals surface area contributed by atoms with Crippen molar-refractivity contribution >= 4 is 40.0 Å². The Morgan fingerprint density at radius 3 is 2.45 bits per heavy atom. The summed E-state index contributed by atoms with van der Waals surface area (Å²) in [6, 6.07) is 14.3. The number of nitrogens with one attached hydrogen (secondary N) is 1. The minimum Gasteiger partial charge on any atom is -0.481 e. The molecule has 0 aliphatic carbocycles. The van der Waals surface area contributed by atoms with Gasteiger partial charge in [-0.2, -0.15) is 0 Å². The van der Waals surface area contributed by atoms with Gasteiger partial charge >= 0.3 is 0 Å². The van der Waals surface area contributed by atoms with E-state index in [0.717, 1.165) is 3.57 Å². The molecule has 0 saturated heterocycles. The van der Waals surface area contributed by atoms with Crippen LogP contribution < -0.4 is 10.1 Å². The van der Waals surface area contributed by atoms with Crippen LogP contribution >= 0.6 is 22.6 Å². The third-order valence-electron chi connectivity index (χ3n) is 3.03. The van der Waals surface area contributed by atoms with E-state index >= 15 is 0 Å². The van der Waals surface area contributed by atoms with E-state index in [0.29, 0.717) is 17.0 Å². The van der Waals surface area contributed by atoms with Crippen LogP contribution in [0.3, 0.4) is 0 Å². The molecule has 0 saturated carbocycles. The summed E-state index contributed by atoms with van der Waals surface area (Å²) in [7, 11) is 0. The highest BCUT2D eigenvalue weighted by Gasteiger charge is 2.15. The van der Waals surface area contributed by atoms with Gasteiger partial charge in [0.15, 0.2) is 11.9 Å². The number of carbonyl (C=O) groups excluding carboxylic acids is 2. The summed E-state index contributed by atoms with van der Waals surface area (Å²) in [4.78, 5) is 23.5. The molecule has 2 aromatic carbocycles. The average molecular weight is 409 g/mol. The van der Waals surface area contributed by atoms with Crippen LogP contribution in [0.15, 0.2) is 48.5 Å². The van der Waals surface area contributed by atoms with E-state index < -0.39 is 6.10 Å². The van der Waals surface area contributed by atoms with E-state index in [4.69, 9.17) is 4.74 Å². The summed E-state index contributed by atoms with van der Waals surface area (Å²) in [6.45, 7) is 3.17. The number of amides is 1. The summed E-state index contributed by atoms with van der Waals surface area (Å²) in [5.74, 6) is 0.332. The Labute approximate surface area is 143 Å². The lowest BCUT2D eigenvalue weighted by Gasteiger charge is -2.15. The zero-order valence-corrected chi connectivity index (χ0v) is 14.5. The lowest BCUT2D eigenvalue weighted by atomic mass is 10.1. The average Bonchev–Trinajstić information content (AvgIpc) is 2.49. The summed E-state index contributed by atoms with van der Waals surface area (Å²) in [6.07, 6.45) is -0.638. The maximum absolute atomic E-state index is 12.1. The normalized spacial score (nSPS) is 11.6. The highest BCUT2D eigenvalue weighted by Crippen LogP contribution is 2.16. The van der Waals surface area contributed by atoms with Crippen molar-refractivity contribution in [2.24, 2.45) is 0 Å². The minimum absolute atomic E-state index is 0.0423. The second kappa shape index (κ2) is 7.40. The van der Waals surface area contributed by atoms with Crippen molar-refractivity contribution in [3.05, 3.63) is 57.7 Å². The van der Waals surface area contributed by atoms with Gasteiger partial charge in [-0.15, -0.1) is 0 Å². The van der Waals surface area contributed by atoms with Gasteiger partial charge in [0.1, 0.15) is 5.75 Å². The Balaban J connectivity index is 2.00. The van der Waals surface area contributed by atoms with Gasteiger partial charge < -0.3 is 10.1 Å². The van der Waals surface area contributed by atoms with Crippen LogP contribution in [0, 0.1) is 3.57 Å². The van der Waals surface area contributed by atoms with Gasteiger partial charge in [-0.3, -0.25) is 9.59 Å². The molecular weight excluding hydrogens is 393 g/mol. The molecule has 0 unspecified atom stereocenters. The molecule has 0 spiro atoms. The lowest BCUT2D eigenvalue weighted by Crippen LogP contribution is -2.30. The van der Waals surface area contributed by atoms with Crippen molar-refractivity contribution in [3.63, 3.8) is 0 Å². The monoisotopic (exact) mass is 409 g/mol. The number of Topliss-reactive ketones (excluding diaryl/α,β-unsaturated/α-hetero) is 1. The quantitative estimate of drug-likeness (QED) is 0.602. The van der Waals surface area contributed by atoms with Gasteiger partial charge in [0.2, 0.25) is 0 Å². The number of hydrogen-bond acceptors (Lipinski definition) is 3. The Morgan fingerprint density at radius 1 is 1.14 bits per heavy atom. The van der Waals surface area contributed by atoms with E-state index in [1.54, 1.807) is 31.2 Å². The molecule has 22 heavy (non-hydrogen) atoms. The number of ketones is 1. The maximum Gasteiger partial charge on any atom is 0.265 e. The lowest BCUT2D eigenvalue weighted by molar-refractivity contribution is -0.122. The smallest absolute Gasteiger partial charge is 0.265 e. The second-order valence-electron chi connectivity index (χ2n) is 4.84. The zero-order valence-electron chi connectivity index (χ0n) is 12.3. The number of benzene rings is 2. The highest BCUT2D eigenvalue weighted by atomic mass is 127. The van der Waals surface area contributed by atoms with E-state index in [9.17, 15) is 9.59 Å². The summed E-state index contributed by atoms with van der Waals surface area (Å²) < 4.78 is 6.70. The van der Waals surface area contributed by atoms with Gasteiger partial charge in [0, 0.05) is 14.8 Å². The molecule has 1 atom stereocenters. The van der Waals surface area contributed by atoms with E-state index in [-0.39, 0.29) is 11.7 Å². The van der Waals surface area contributed by atoms with Gasteiger partial charge in [0.05, 0.1) is 0 Å². The fourth-order valence-electron chi connectivity index (χ4n) is 1.83. The number of ether oxygens (including phenoxy) is 1. The zero-order chi connectivity index (χ0) is 16.1. The maximum atomic E-state index is 12.1. The van der Waals surface area contributed by atoms with Crippen LogP contribution in [-0.2, 0) is 4.79 Å². The molecule has 0 aliphatic rings. The third kappa shape index (κ3) is 4.56. The molecule has 0 aromatic heterocycles. The standard InChI is InChI=1S/C17H16INO3/c1-11(20)13-4-3-5-15(10-13)19-17(21)12(2)22-16-8-6-14(18)7-9-16/h3-10,12H,1-2H3,(H,19,21)/t12-/m0/s1. The Bertz CT molecular complexity index is 683. The van der Waals surface area contributed by atoms with Crippen molar-refractivity contribution in [2.75, 3.05) is 5.32 Å². The minimum atomic E-state index is -0.638. The summed E-state index contributed by atoms with van der Waals surface area (Å²) in [5, 5.41) is 2.75. The summed E-state index contributed by atoms with van der Waals surface area (Å²) in [5.41, 5.74) is 1.14. The number of anilines is 1. The summed E-state index contributed by atoms with van der Waals surface area (Å²) >= 11 is 2.20. The predicted octanol–water partition coefficient (Wildman–Crippen LogP) is 3.90. The number of hydrogen-bond donors (Lipinski definition) is 1. The third-order valence-corrected chi connectivity index (χ3v) is 3.75. The molecule has 1 N–H and O–H groups in total. The van der Waals surface area contributed by atoms with Gasteiger partial charge in [-0.05, 0) is 72.8 Å². The molecule has 2 aromatic rings. The molecular formula is C17H16INO3. The first-order chi connectivity index (χ1) is 10.5. The molecule has 0 aliphatic heterocycles. The number of rotatable bonds is 5. The first kappa shape index (κ1) is 16.5. The van der Waals surface area contributed by atoms with Crippen molar-refractivity contribution in [1.29, 1.82) is 0 Å². The molecule has 2 rings (SSSR count). The van der Waals surface area contributed by atoms with Crippen molar-refractivity contribution in [2.45, 2.75) is 20.0 Å². The molecule has 0 heterocycles. The van der Waals surface area contributed by atoms with Gasteiger partial charge in [-0.25, -0.2) is 0 Å².